The Morgan fingerprint density at radius 2 is 2.05 bits per heavy atom. The summed E-state index contributed by atoms with van der Waals surface area (Å²) >= 11 is 6.09. The Hall–Kier alpha value is -0.650. The Balaban J connectivity index is 1.67. The van der Waals surface area contributed by atoms with Gasteiger partial charge in [-0.05, 0) is 11.6 Å². The van der Waals surface area contributed by atoms with E-state index in [0.29, 0.717) is 24.3 Å². The van der Waals surface area contributed by atoms with E-state index in [1.165, 1.54) is 30.8 Å². The van der Waals surface area contributed by atoms with Crippen LogP contribution in [0.3, 0.4) is 0 Å². The quantitative estimate of drug-likeness (QED) is 0.626. The number of ether oxygens (including phenoxy) is 1. The van der Waals surface area contributed by atoms with Gasteiger partial charge < -0.3 is 19.6 Å². The van der Waals surface area contributed by atoms with E-state index >= 15 is 0 Å². The van der Waals surface area contributed by atoms with Gasteiger partial charge in [-0.15, -0.1) is 0 Å². The Labute approximate surface area is 138 Å². The van der Waals surface area contributed by atoms with Crippen LogP contribution < -0.4 is 9.80 Å². The highest BCUT2D eigenvalue weighted by atomic mass is 35.5. The number of likely N-dealkylation sites (N-methyl/N-ethyl adjacent to an activating group) is 1. The Bertz CT molecular complexity index is 450. The second kappa shape index (κ2) is 8.85. The van der Waals surface area contributed by atoms with Gasteiger partial charge in [0.1, 0.15) is 12.6 Å². The van der Waals surface area contributed by atoms with Crippen LogP contribution in [-0.4, -0.2) is 57.6 Å². The van der Waals surface area contributed by atoms with Gasteiger partial charge in [0.15, 0.2) is 0 Å². The maximum atomic E-state index is 10.2. The van der Waals surface area contributed by atoms with Crippen LogP contribution >= 0.6 is 11.6 Å². The third-order valence-electron chi connectivity index (χ3n) is 4.62. The van der Waals surface area contributed by atoms with Crippen molar-refractivity contribution in [2.75, 3.05) is 40.3 Å². The summed E-state index contributed by atoms with van der Waals surface area (Å²) in [4.78, 5) is 3.04. The molecule has 1 aromatic carbocycles. The first-order valence-electron chi connectivity index (χ1n) is 8.19. The molecule has 1 fully saturated rings. The van der Waals surface area contributed by atoms with Crippen molar-refractivity contribution in [3.05, 3.63) is 34.9 Å². The van der Waals surface area contributed by atoms with Crippen molar-refractivity contribution in [3.63, 3.8) is 0 Å². The SMILES string of the molecule is C[NH+]1CCC([NH+](C)C[C@H](O)COCc2ccccc2Cl)CC1. The van der Waals surface area contributed by atoms with Crippen molar-refractivity contribution in [2.45, 2.75) is 31.6 Å². The van der Waals surface area contributed by atoms with Gasteiger partial charge in [-0.2, -0.15) is 0 Å². The molecular formula is C17H29ClN2O2+2. The molecule has 5 heteroatoms. The van der Waals surface area contributed by atoms with E-state index in [0.717, 1.165) is 12.1 Å². The van der Waals surface area contributed by atoms with Gasteiger partial charge >= 0.3 is 0 Å². The highest BCUT2D eigenvalue weighted by Gasteiger charge is 2.27. The van der Waals surface area contributed by atoms with E-state index in [-0.39, 0.29) is 0 Å². The van der Waals surface area contributed by atoms with Crippen LogP contribution in [0.1, 0.15) is 18.4 Å². The highest BCUT2D eigenvalue weighted by molar-refractivity contribution is 6.31. The summed E-state index contributed by atoms with van der Waals surface area (Å²) in [6.07, 6.45) is 2.06. The number of aliphatic hydroxyl groups is 1. The largest absolute Gasteiger partial charge is 0.385 e. The second-order valence-electron chi connectivity index (χ2n) is 6.54. The molecule has 1 saturated heterocycles. The molecule has 0 aromatic heterocycles. The van der Waals surface area contributed by atoms with E-state index < -0.39 is 6.10 Å². The number of hydrogen-bond donors (Lipinski definition) is 3. The second-order valence-corrected chi connectivity index (χ2v) is 6.95. The molecule has 4 nitrogen and oxygen atoms in total. The van der Waals surface area contributed by atoms with Crippen molar-refractivity contribution in [1.29, 1.82) is 0 Å². The molecule has 1 aliphatic rings. The van der Waals surface area contributed by atoms with Crippen LogP contribution in [0.15, 0.2) is 24.3 Å². The monoisotopic (exact) mass is 328 g/mol. The van der Waals surface area contributed by atoms with Crippen molar-refractivity contribution in [1.82, 2.24) is 0 Å². The van der Waals surface area contributed by atoms with Crippen LogP contribution in [0, 0.1) is 0 Å². The van der Waals surface area contributed by atoms with E-state index in [2.05, 4.69) is 14.1 Å². The summed E-state index contributed by atoms with van der Waals surface area (Å²) in [5.74, 6) is 0. The molecule has 1 aliphatic heterocycles. The first-order valence-corrected chi connectivity index (χ1v) is 8.57. The lowest BCUT2D eigenvalue weighted by molar-refractivity contribution is -0.941. The summed E-state index contributed by atoms with van der Waals surface area (Å²) in [6.45, 7) is 4.03. The molecule has 2 rings (SSSR count). The van der Waals surface area contributed by atoms with Crippen molar-refractivity contribution < 1.29 is 19.6 Å². The van der Waals surface area contributed by atoms with Gasteiger partial charge in [-0.1, -0.05) is 29.8 Å². The van der Waals surface area contributed by atoms with Gasteiger partial charge in [0.25, 0.3) is 0 Å². The molecule has 0 aliphatic carbocycles. The maximum absolute atomic E-state index is 10.2. The number of piperidine rings is 1. The highest BCUT2D eigenvalue weighted by Crippen LogP contribution is 2.15. The summed E-state index contributed by atoms with van der Waals surface area (Å²) < 4.78 is 5.62. The third-order valence-corrected chi connectivity index (χ3v) is 4.99. The first-order chi connectivity index (χ1) is 10.6. The number of quaternary nitrogens is 2. The Kier molecular flexibility index (Phi) is 7.12. The average Bonchev–Trinajstić information content (AvgIpc) is 2.50. The van der Waals surface area contributed by atoms with Gasteiger partial charge in [0, 0.05) is 17.9 Å². The fourth-order valence-electron chi connectivity index (χ4n) is 3.12. The molecule has 3 N–H and O–H groups in total. The molecule has 0 saturated carbocycles. The minimum absolute atomic E-state index is 0.362. The predicted octanol–water partition coefficient (Wildman–Crippen LogP) is -0.591. The summed E-state index contributed by atoms with van der Waals surface area (Å²) in [5, 5.41) is 10.9. The lowest BCUT2D eigenvalue weighted by Gasteiger charge is -2.31. The normalized spacial score (nSPS) is 24.9. The summed E-state index contributed by atoms with van der Waals surface area (Å²) in [5.41, 5.74) is 0.968. The first kappa shape index (κ1) is 17.7. The van der Waals surface area contributed by atoms with E-state index in [9.17, 15) is 5.11 Å². The van der Waals surface area contributed by atoms with E-state index in [1.54, 1.807) is 4.90 Å². The zero-order chi connectivity index (χ0) is 15.9. The molecular weight excluding hydrogens is 300 g/mol. The molecule has 124 valence electrons. The van der Waals surface area contributed by atoms with Crippen molar-refractivity contribution >= 4 is 11.6 Å². The van der Waals surface area contributed by atoms with E-state index in [4.69, 9.17) is 16.3 Å². The zero-order valence-corrected chi connectivity index (χ0v) is 14.4. The number of hydrogen-bond acceptors (Lipinski definition) is 2. The molecule has 0 amide bonds. The lowest BCUT2D eigenvalue weighted by atomic mass is 10.0. The Morgan fingerprint density at radius 1 is 1.36 bits per heavy atom. The molecule has 0 spiro atoms. The van der Waals surface area contributed by atoms with Crippen LogP contribution in [-0.2, 0) is 11.3 Å². The number of halogens is 1. The topological polar surface area (TPSA) is 38.3 Å². The molecule has 0 radical (unpaired) electrons. The van der Waals surface area contributed by atoms with Gasteiger partial charge in [-0.3, -0.25) is 0 Å². The number of nitrogens with one attached hydrogen (secondary N) is 2. The minimum Gasteiger partial charge on any atom is -0.385 e. The number of likely N-dealkylation sites (tertiary alicyclic amines) is 1. The minimum atomic E-state index is -0.422. The molecule has 2 atom stereocenters. The third kappa shape index (κ3) is 5.52. The standard InChI is InChI=1S/C17H27ClN2O2/c1-19-9-7-15(8-10-19)20(2)11-16(21)13-22-12-14-5-3-4-6-17(14)18/h3-6,15-16,21H,7-13H2,1-2H3/p+2/t16-/m0/s1. The molecule has 0 bridgehead atoms. The van der Waals surface area contributed by atoms with Gasteiger partial charge in [-0.25, -0.2) is 0 Å². The molecule has 1 unspecified atom stereocenters. The number of aliphatic hydroxyl groups excluding tert-OH is 1. The van der Waals surface area contributed by atoms with Crippen LogP contribution in [0.5, 0.6) is 0 Å². The maximum Gasteiger partial charge on any atom is 0.126 e. The van der Waals surface area contributed by atoms with Gasteiger partial charge in [0.2, 0.25) is 0 Å². The summed E-state index contributed by atoms with van der Waals surface area (Å²) in [7, 11) is 4.44. The predicted molar refractivity (Wildman–Crippen MR) is 88.5 cm³/mol. The van der Waals surface area contributed by atoms with Gasteiger partial charge in [0.05, 0.1) is 46.4 Å². The van der Waals surface area contributed by atoms with Crippen LogP contribution in [0.25, 0.3) is 0 Å². The van der Waals surface area contributed by atoms with Crippen molar-refractivity contribution in [2.24, 2.45) is 0 Å². The Morgan fingerprint density at radius 3 is 2.73 bits per heavy atom. The van der Waals surface area contributed by atoms with Crippen LogP contribution in [0.4, 0.5) is 0 Å². The fraction of sp³-hybridized carbons (Fsp3) is 0.647. The smallest absolute Gasteiger partial charge is 0.126 e. The number of benzene rings is 1. The lowest BCUT2D eigenvalue weighted by Crippen LogP contribution is -3.18. The summed E-state index contributed by atoms with van der Waals surface area (Å²) in [6, 6.07) is 8.33. The van der Waals surface area contributed by atoms with E-state index in [1.807, 2.05) is 24.3 Å². The zero-order valence-electron chi connectivity index (χ0n) is 13.6. The number of rotatable bonds is 7. The molecule has 22 heavy (non-hydrogen) atoms. The molecule has 1 heterocycles. The van der Waals surface area contributed by atoms with Crippen molar-refractivity contribution in [3.8, 4) is 0 Å². The van der Waals surface area contributed by atoms with Crippen LogP contribution in [0.2, 0.25) is 5.02 Å². The fourth-order valence-corrected chi connectivity index (χ4v) is 3.31. The average molecular weight is 329 g/mol. The molecule has 1 aromatic rings.